The van der Waals surface area contributed by atoms with Crippen LogP contribution in [0, 0.1) is 5.82 Å². The number of ether oxygens (including phenoxy) is 2. The zero-order valence-electron chi connectivity index (χ0n) is 27.4. The molecule has 0 bridgehead atoms. The average molecular weight is 737 g/mol. The van der Waals surface area contributed by atoms with Gasteiger partial charge in [-0.15, -0.1) is 0 Å². The topological polar surface area (TPSA) is 191 Å². The Morgan fingerprint density at radius 1 is 1.12 bits per heavy atom. The van der Waals surface area contributed by atoms with Crippen LogP contribution >= 0.6 is 19.4 Å². The molecule has 0 aliphatic rings. The number of sulfone groups is 1. The molecule has 258 valence electrons. The summed E-state index contributed by atoms with van der Waals surface area (Å²) in [7, 11) is -8.71. The quantitative estimate of drug-likeness (QED) is 0.0882. The molecule has 0 atom stereocenters. The molecule has 3 aromatic carbocycles. The molecule has 0 aliphatic heterocycles. The molecule has 14 nitrogen and oxygen atoms in total. The second-order valence-corrected chi connectivity index (χ2v) is 14.3. The van der Waals surface area contributed by atoms with Crippen LogP contribution in [0.2, 0.25) is 5.02 Å². The van der Waals surface area contributed by atoms with Crippen molar-refractivity contribution >= 4 is 57.8 Å². The van der Waals surface area contributed by atoms with Crippen molar-refractivity contribution in [2.24, 2.45) is 0 Å². The smallest absolute Gasteiger partial charge is 0.472 e. The van der Waals surface area contributed by atoms with Crippen molar-refractivity contribution in [3.05, 3.63) is 101 Å². The van der Waals surface area contributed by atoms with Gasteiger partial charge < -0.3 is 29.0 Å². The van der Waals surface area contributed by atoms with Crippen molar-refractivity contribution in [2.45, 2.75) is 13.1 Å². The Balaban J connectivity index is 1.36. The van der Waals surface area contributed by atoms with E-state index in [9.17, 15) is 22.2 Å². The van der Waals surface area contributed by atoms with Crippen LogP contribution in [0.4, 0.5) is 20.7 Å². The van der Waals surface area contributed by atoms with Gasteiger partial charge in [0, 0.05) is 29.4 Å². The molecule has 0 radical (unpaired) electrons. The van der Waals surface area contributed by atoms with Crippen LogP contribution in [-0.4, -0.2) is 64.5 Å². The number of fused-ring (bicyclic) bond motifs is 1. The van der Waals surface area contributed by atoms with E-state index in [0.717, 1.165) is 6.26 Å². The van der Waals surface area contributed by atoms with Crippen LogP contribution in [0.3, 0.4) is 0 Å². The summed E-state index contributed by atoms with van der Waals surface area (Å²) in [4.78, 5) is 39.5. The maximum absolute atomic E-state index is 13.5. The SMILES string of the molecule is [2H]C([2H])(c1ccc(-c2ccc3ncnc(Nc4ccc(OCc5cccc(F)c5)c(Cl)c4)c3c2)o1)N(CCS(C)(=O)=O)C(=O)OCOP(=O)(O)O. The molecule has 2 heterocycles. The summed E-state index contributed by atoms with van der Waals surface area (Å²) < 4.78 is 85.7. The number of carbonyl (C=O) groups excluding carboxylic acids is 1. The first-order valence-corrected chi connectivity index (χ1v) is 18.1. The van der Waals surface area contributed by atoms with Gasteiger partial charge in [0.1, 0.15) is 51.7 Å². The third-order valence-corrected chi connectivity index (χ3v) is 8.22. The Labute approximate surface area is 287 Å². The van der Waals surface area contributed by atoms with Gasteiger partial charge in [-0.1, -0.05) is 23.7 Å². The lowest BCUT2D eigenvalue weighted by Crippen LogP contribution is -2.35. The molecular formula is C31H29ClFN4O10PS. The fourth-order valence-electron chi connectivity index (χ4n) is 4.29. The van der Waals surface area contributed by atoms with Crippen molar-refractivity contribution in [1.29, 1.82) is 0 Å². The largest absolute Gasteiger partial charge is 0.487 e. The van der Waals surface area contributed by atoms with E-state index >= 15 is 0 Å². The Bertz CT molecular complexity index is 2220. The van der Waals surface area contributed by atoms with Gasteiger partial charge in [0.05, 0.1) is 25.5 Å². The Hall–Kier alpha value is -4.57. The number of nitrogens with one attached hydrogen (secondary N) is 1. The van der Waals surface area contributed by atoms with Crippen LogP contribution in [0.15, 0.2) is 83.5 Å². The summed E-state index contributed by atoms with van der Waals surface area (Å²) >= 11 is 6.47. The number of amides is 1. The number of carbonyl (C=O) groups is 1. The number of halogens is 2. The van der Waals surface area contributed by atoms with Gasteiger partial charge in [-0.05, 0) is 66.2 Å². The van der Waals surface area contributed by atoms with E-state index in [1.165, 1.54) is 30.6 Å². The number of anilines is 2. The Kier molecular flexibility index (Phi) is 10.3. The normalized spacial score (nSPS) is 12.7. The van der Waals surface area contributed by atoms with E-state index in [1.54, 1.807) is 48.5 Å². The third-order valence-electron chi connectivity index (χ3n) is 6.56. The number of rotatable bonds is 14. The summed E-state index contributed by atoms with van der Waals surface area (Å²) in [6, 6.07) is 18.7. The molecule has 1 amide bonds. The molecule has 5 rings (SSSR count). The lowest BCUT2D eigenvalue weighted by atomic mass is 10.1. The maximum atomic E-state index is 13.5. The first-order valence-electron chi connectivity index (χ1n) is 15.1. The van der Waals surface area contributed by atoms with E-state index in [0.29, 0.717) is 44.2 Å². The van der Waals surface area contributed by atoms with Crippen LogP contribution in [0.1, 0.15) is 14.1 Å². The summed E-state index contributed by atoms with van der Waals surface area (Å²) in [5.74, 6) is -0.513. The second-order valence-electron chi connectivity index (χ2n) is 10.3. The van der Waals surface area contributed by atoms with E-state index in [1.807, 2.05) is 0 Å². The van der Waals surface area contributed by atoms with Gasteiger partial charge >= 0.3 is 13.9 Å². The van der Waals surface area contributed by atoms with Crippen molar-refractivity contribution in [3.63, 3.8) is 0 Å². The molecule has 49 heavy (non-hydrogen) atoms. The third kappa shape index (κ3) is 10.5. The Morgan fingerprint density at radius 2 is 1.94 bits per heavy atom. The predicted molar refractivity (Wildman–Crippen MR) is 177 cm³/mol. The fraction of sp³-hybridized carbons (Fsp3) is 0.194. The van der Waals surface area contributed by atoms with Crippen molar-refractivity contribution in [3.8, 4) is 17.1 Å². The lowest BCUT2D eigenvalue weighted by Gasteiger charge is -2.20. The van der Waals surface area contributed by atoms with Gasteiger partial charge in [0.15, 0.2) is 0 Å². The fourth-order valence-corrected chi connectivity index (χ4v) is 5.23. The summed E-state index contributed by atoms with van der Waals surface area (Å²) in [5, 5.41) is 4.02. The van der Waals surface area contributed by atoms with Crippen LogP contribution in [0.25, 0.3) is 22.2 Å². The highest BCUT2D eigenvalue weighted by Crippen LogP contribution is 2.36. The first-order chi connectivity index (χ1) is 24.0. The van der Waals surface area contributed by atoms with Gasteiger partial charge in [0.25, 0.3) is 0 Å². The zero-order chi connectivity index (χ0) is 37.0. The maximum Gasteiger partial charge on any atom is 0.472 e. The summed E-state index contributed by atoms with van der Waals surface area (Å²) in [6.45, 7) is -4.60. The minimum Gasteiger partial charge on any atom is -0.487 e. The first kappa shape index (κ1) is 33.0. The highest BCUT2D eigenvalue weighted by Gasteiger charge is 2.22. The number of phosphoric ester groups is 1. The predicted octanol–water partition coefficient (Wildman–Crippen LogP) is 6.05. The van der Waals surface area contributed by atoms with E-state index in [2.05, 4.69) is 24.5 Å². The second kappa shape index (κ2) is 15.3. The number of hydrogen-bond acceptors (Lipinski definition) is 11. The number of benzene rings is 3. The molecule has 5 aromatic rings. The minimum absolute atomic E-state index is 0.108. The molecule has 18 heteroatoms. The van der Waals surface area contributed by atoms with Gasteiger partial charge in [-0.3, -0.25) is 4.90 Å². The molecule has 0 spiro atoms. The molecule has 3 N–H and O–H groups in total. The molecule has 0 unspecified atom stereocenters. The van der Waals surface area contributed by atoms with Gasteiger partial charge in [-0.25, -0.2) is 36.7 Å². The summed E-state index contributed by atoms with van der Waals surface area (Å²) in [6.07, 6.45) is 0.785. The molecule has 0 saturated heterocycles. The molecule has 0 fully saturated rings. The monoisotopic (exact) mass is 736 g/mol. The van der Waals surface area contributed by atoms with Crippen molar-refractivity contribution in [1.82, 2.24) is 14.9 Å². The molecule has 0 aliphatic carbocycles. The number of nitrogens with zero attached hydrogens (tertiary/aromatic N) is 3. The van der Waals surface area contributed by atoms with Crippen LogP contribution in [-0.2, 0) is 36.8 Å². The summed E-state index contributed by atoms with van der Waals surface area (Å²) in [5.41, 5.74) is 2.20. The molecular weight excluding hydrogens is 706 g/mol. The molecule has 0 saturated carbocycles. The van der Waals surface area contributed by atoms with E-state index in [-0.39, 0.29) is 23.2 Å². The highest BCUT2D eigenvalue weighted by atomic mass is 35.5. The molecule has 2 aromatic heterocycles. The van der Waals surface area contributed by atoms with E-state index < -0.39 is 55.1 Å². The standard InChI is InChI=1S/C31H29ClFN4O10PS/c1-49(42,43)12-11-37(31(38)45-19-46-48(39,40)41)16-24-7-10-28(47-24)21-5-8-27-25(14-21)30(35-18-34-27)36-23-6-9-29(26(32)15-23)44-17-20-3-2-4-22(33)13-20/h2-10,13-15,18H,11-12,16-17,19H2,1H3,(H,34,35,36)(H2,39,40,41)/i16D2. The number of aromatic nitrogens is 2. The average Bonchev–Trinajstić information content (AvgIpc) is 3.55. The number of furan rings is 1. The van der Waals surface area contributed by atoms with Crippen molar-refractivity contribution in [2.75, 3.05) is 30.7 Å². The van der Waals surface area contributed by atoms with E-state index in [4.69, 9.17) is 33.3 Å². The van der Waals surface area contributed by atoms with Gasteiger partial charge in [-0.2, -0.15) is 0 Å². The number of hydrogen-bond donors (Lipinski definition) is 3. The Morgan fingerprint density at radius 3 is 2.67 bits per heavy atom. The lowest BCUT2D eigenvalue weighted by molar-refractivity contribution is 0.0191. The van der Waals surface area contributed by atoms with Crippen LogP contribution < -0.4 is 10.1 Å². The zero-order valence-corrected chi connectivity index (χ0v) is 27.9. The minimum atomic E-state index is -5.02. The van der Waals surface area contributed by atoms with Gasteiger partial charge in [0.2, 0.25) is 6.79 Å². The van der Waals surface area contributed by atoms with Crippen LogP contribution in [0.5, 0.6) is 5.75 Å². The number of phosphoric acid groups is 1. The van der Waals surface area contributed by atoms with Crippen molar-refractivity contribution < 1.29 is 53.1 Å². The highest BCUT2D eigenvalue weighted by molar-refractivity contribution is 7.90.